The van der Waals surface area contributed by atoms with E-state index in [0.717, 1.165) is 13.0 Å². The summed E-state index contributed by atoms with van der Waals surface area (Å²) in [7, 11) is 2.22. The van der Waals surface area contributed by atoms with E-state index < -0.39 is 0 Å². The van der Waals surface area contributed by atoms with Crippen LogP contribution in [0.4, 0.5) is 0 Å². The maximum Gasteiger partial charge on any atom is 0.0580 e. The van der Waals surface area contributed by atoms with Crippen molar-refractivity contribution >= 4 is 0 Å². The molecule has 2 aliphatic rings. The summed E-state index contributed by atoms with van der Waals surface area (Å²) in [6.07, 6.45) is 7.29. The van der Waals surface area contributed by atoms with Crippen LogP contribution in [-0.4, -0.2) is 60.3 Å². The molecule has 1 saturated carbocycles. The third-order valence-corrected chi connectivity index (χ3v) is 4.77. The fourth-order valence-electron chi connectivity index (χ4n) is 3.57. The largest absolute Gasteiger partial charge is 0.393 e. The third kappa shape index (κ3) is 3.94. The van der Waals surface area contributed by atoms with E-state index in [4.69, 9.17) is 0 Å². The van der Waals surface area contributed by atoms with Gasteiger partial charge in [0, 0.05) is 19.1 Å². The van der Waals surface area contributed by atoms with Crippen molar-refractivity contribution in [3.8, 4) is 0 Å². The Kier molecular flexibility index (Phi) is 5.46. The van der Waals surface area contributed by atoms with E-state index in [1.807, 2.05) is 0 Å². The Bertz CT molecular complexity index is 247. The van der Waals surface area contributed by atoms with Gasteiger partial charge >= 0.3 is 0 Å². The molecule has 0 bridgehead atoms. The fraction of sp³-hybridized carbons (Fsp3) is 1.00. The predicted octanol–water partition coefficient (Wildman–Crippen LogP) is 1.95. The summed E-state index contributed by atoms with van der Waals surface area (Å²) in [6, 6.07) is 0.632. The minimum Gasteiger partial charge on any atom is -0.393 e. The summed E-state index contributed by atoms with van der Waals surface area (Å²) in [5.74, 6) is 0.512. The van der Waals surface area contributed by atoms with Crippen LogP contribution < -0.4 is 0 Å². The Labute approximate surface area is 112 Å². The molecule has 3 nitrogen and oxygen atoms in total. The van der Waals surface area contributed by atoms with Crippen LogP contribution in [-0.2, 0) is 0 Å². The molecule has 2 rings (SSSR count). The standard InChI is InChI=1S/C15H30N2O/c1-13-11-16(2)9-6-10-17(13)12-14-7-4-3-5-8-15(14)18/h13-15,18H,3-12H2,1-2H3. The molecule has 2 fully saturated rings. The molecule has 3 heteroatoms. The Balaban J connectivity index is 1.89. The quantitative estimate of drug-likeness (QED) is 0.763. The zero-order valence-electron chi connectivity index (χ0n) is 12.1. The molecule has 3 unspecified atom stereocenters. The zero-order chi connectivity index (χ0) is 13.0. The Morgan fingerprint density at radius 2 is 1.83 bits per heavy atom. The molecule has 0 amide bonds. The van der Waals surface area contributed by atoms with Gasteiger partial charge in [0.15, 0.2) is 0 Å². The minimum absolute atomic E-state index is 0.0549. The van der Waals surface area contributed by atoms with Crippen molar-refractivity contribution in [1.82, 2.24) is 9.80 Å². The summed E-state index contributed by atoms with van der Waals surface area (Å²) in [5, 5.41) is 10.3. The van der Waals surface area contributed by atoms with E-state index in [9.17, 15) is 5.11 Å². The van der Waals surface area contributed by atoms with Gasteiger partial charge < -0.3 is 10.0 Å². The molecule has 1 aliphatic carbocycles. The summed E-state index contributed by atoms with van der Waals surface area (Å²) < 4.78 is 0. The first-order chi connectivity index (χ1) is 8.66. The Hall–Kier alpha value is -0.120. The van der Waals surface area contributed by atoms with Crippen LogP contribution in [0.1, 0.15) is 45.4 Å². The number of aliphatic hydroxyl groups excluding tert-OH is 1. The monoisotopic (exact) mass is 254 g/mol. The number of aliphatic hydroxyl groups is 1. The maximum atomic E-state index is 10.3. The number of hydrogen-bond donors (Lipinski definition) is 1. The topological polar surface area (TPSA) is 26.7 Å². The van der Waals surface area contributed by atoms with Gasteiger partial charge in [-0.3, -0.25) is 4.90 Å². The molecule has 0 aromatic rings. The molecule has 1 heterocycles. The number of nitrogens with zero attached hydrogens (tertiary/aromatic N) is 2. The molecule has 0 radical (unpaired) electrons. The molecular formula is C15H30N2O. The molecule has 3 atom stereocenters. The second kappa shape index (κ2) is 6.88. The van der Waals surface area contributed by atoms with Gasteiger partial charge in [-0.05, 0) is 52.2 Å². The first-order valence-corrected chi connectivity index (χ1v) is 7.77. The predicted molar refractivity (Wildman–Crippen MR) is 75.7 cm³/mol. The molecular weight excluding hydrogens is 224 g/mol. The average Bonchev–Trinajstić information content (AvgIpc) is 2.61. The van der Waals surface area contributed by atoms with Crippen LogP contribution in [0.15, 0.2) is 0 Å². The van der Waals surface area contributed by atoms with Gasteiger partial charge in [-0.2, -0.15) is 0 Å². The van der Waals surface area contributed by atoms with Crippen molar-refractivity contribution < 1.29 is 5.11 Å². The van der Waals surface area contributed by atoms with Gasteiger partial charge in [0.2, 0.25) is 0 Å². The van der Waals surface area contributed by atoms with Crippen molar-refractivity contribution in [3.63, 3.8) is 0 Å². The highest BCUT2D eigenvalue weighted by atomic mass is 16.3. The van der Waals surface area contributed by atoms with Crippen molar-refractivity contribution in [2.75, 3.05) is 33.2 Å². The average molecular weight is 254 g/mol. The Morgan fingerprint density at radius 3 is 2.67 bits per heavy atom. The summed E-state index contributed by atoms with van der Waals surface area (Å²) in [6.45, 7) is 7.03. The van der Waals surface area contributed by atoms with Gasteiger partial charge in [0.25, 0.3) is 0 Å². The summed E-state index contributed by atoms with van der Waals surface area (Å²) in [5.41, 5.74) is 0. The van der Waals surface area contributed by atoms with Gasteiger partial charge in [-0.25, -0.2) is 0 Å². The lowest BCUT2D eigenvalue weighted by molar-refractivity contribution is 0.0632. The molecule has 106 valence electrons. The van der Waals surface area contributed by atoms with Crippen LogP contribution >= 0.6 is 0 Å². The highest BCUT2D eigenvalue weighted by molar-refractivity contribution is 4.81. The number of rotatable bonds is 2. The lowest BCUT2D eigenvalue weighted by Crippen LogP contribution is -2.42. The van der Waals surface area contributed by atoms with E-state index >= 15 is 0 Å². The van der Waals surface area contributed by atoms with Crippen molar-refractivity contribution in [1.29, 1.82) is 0 Å². The van der Waals surface area contributed by atoms with Crippen LogP contribution in [0.25, 0.3) is 0 Å². The third-order valence-electron chi connectivity index (χ3n) is 4.77. The fourth-order valence-corrected chi connectivity index (χ4v) is 3.57. The van der Waals surface area contributed by atoms with Gasteiger partial charge in [-0.1, -0.05) is 19.3 Å². The highest BCUT2D eigenvalue weighted by Crippen LogP contribution is 2.25. The number of likely N-dealkylation sites (N-methyl/N-ethyl adjacent to an activating group) is 1. The second-order valence-corrected chi connectivity index (χ2v) is 6.43. The molecule has 1 N–H and O–H groups in total. The SMILES string of the molecule is CC1CN(C)CCCN1CC1CCCCCC1O. The van der Waals surface area contributed by atoms with E-state index in [-0.39, 0.29) is 6.10 Å². The van der Waals surface area contributed by atoms with Crippen LogP contribution in [0.3, 0.4) is 0 Å². The normalized spacial score (nSPS) is 37.2. The molecule has 0 aromatic heterocycles. The lowest BCUT2D eigenvalue weighted by atomic mass is 9.96. The molecule has 1 aliphatic heterocycles. The van der Waals surface area contributed by atoms with E-state index in [0.29, 0.717) is 12.0 Å². The zero-order valence-corrected chi connectivity index (χ0v) is 12.1. The second-order valence-electron chi connectivity index (χ2n) is 6.43. The molecule has 18 heavy (non-hydrogen) atoms. The lowest BCUT2D eigenvalue weighted by Gasteiger charge is -2.32. The van der Waals surface area contributed by atoms with Gasteiger partial charge in [0.1, 0.15) is 0 Å². The first-order valence-electron chi connectivity index (χ1n) is 7.77. The molecule has 0 spiro atoms. The summed E-state index contributed by atoms with van der Waals surface area (Å²) >= 11 is 0. The number of hydrogen-bond acceptors (Lipinski definition) is 3. The Morgan fingerprint density at radius 1 is 1.06 bits per heavy atom. The van der Waals surface area contributed by atoms with Crippen molar-refractivity contribution in [3.05, 3.63) is 0 Å². The highest BCUT2D eigenvalue weighted by Gasteiger charge is 2.27. The van der Waals surface area contributed by atoms with Crippen molar-refractivity contribution in [2.45, 2.75) is 57.6 Å². The maximum absolute atomic E-state index is 10.3. The van der Waals surface area contributed by atoms with Crippen LogP contribution in [0, 0.1) is 5.92 Å². The molecule has 0 aromatic carbocycles. The molecule has 1 saturated heterocycles. The van der Waals surface area contributed by atoms with Gasteiger partial charge in [-0.15, -0.1) is 0 Å². The first kappa shape index (κ1) is 14.3. The summed E-state index contributed by atoms with van der Waals surface area (Å²) in [4.78, 5) is 5.05. The van der Waals surface area contributed by atoms with E-state index in [2.05, 4.69) is 23.8 Å². The van der Waals surface area contributed by atoms with Crippen LogP contribution in [0.5, 0.6) is 0 Å². The smallest absolute Gasteiger partial charge is 0.0580 e. The van der Waals surface area contributed by atoms with E-state index in [1.54, 1.807) is 0 Å². The van der Waals surface area contributed by atoms with Gasteiger partial charge in [0.05, 0.1) is 6.10 Å². The van der Waals surface area contributed by atoms with Crippen LogP contribution in [0.2, 0.25) is 0 Å². The minimum atomic E-state index is -0.0549. The van der Waals surface area contributed by atoms with E-state index in [1.165, 1.54) is 51.7 Å². The van der Waals surface area contributed by atoms with Crippen molar-refractivity contribution in [2.24, 2.45) is 5.92 Å².